The first kappa shape index (κ1) is 14.0. The van der Waals surface area contributed by atoms with Gasteiger partial charge in [0.05, 0.1) is 0 Å². The van der Waals surface area contributed by atoms with Gasteiger partial charge in [0.2, 0.25) is 0 Å². The molecule has 98 valence electrons. The predicted octanol–water partition coefficient (Wildman–Crippen LogP) is 1.53. The molecule has 18 heavy (non-hydrogen) atoms. The van der Waals surface area contributed by atoms with Gasteiger partial charge in [0, 0.05) is 7.05 Å². The molecule has 0 aliphatic rings. The lowest BCUT2D eigenvalue weighted by Crippen LogP contribution is -2.44. The molecule has 0 heterocycles. The number of amides is 3. The molecule has 1 aromatic rings. The Bertz CT molecular complexity index is 458. The van der Waals surface area contributed by atoms with Crippen molar-refractivity contribution in [1.82, 2.24) is 10.6 Å². The monoisotopic (exact) mass is 250 g/mol. The fourth-order valence-electron chi connectivity index (χ4n) is 1.35. The molecular weight excluding hydrogens is 232 g/mol. The smallest absolute Gasteiger partial charge is 0.321 e. The highest BCUT2D eigenvalue weighted by Crippen LogP contribution is 2.20. The molecular formula is C13H18N2O3. The quantitative estimate of drug-likeness (QED) is 0.854. The fraction of sp³-hybridized carbons (Fsp3) is 0.385. The minimum absolute atomic E-state index is 0.477. The van der Waals surface area contributed by atoms with E-state index in [1.54, 1.807) is 6.92 Å². The first-order chi connectivity index (χ1) is 8.43. The number of rotatable bonds is 3. The normalized spacial score (nSPS) is 11.6. The Morgan fingerprint density at radius 2 is 1.94 bits per heavy atom. The molecule has 5 heteroatoms. The Morgan fingerprint density at radius 3 is 2.56 bits per heavy atom. The van der Waals surface area contributed by atoms with Crippen molar-refractivity contribution in [2.24, 2.45) is 0 Å². The zero-order valence-electron chi connectivity index (χ0n) is 11.0. The molecule has 0 aliphatic carbocycles. The van der Waals surface area contributed by atoms with Crippen LogP contribution in [-0.2, 0) is 4.79 Å². The standard InChI is InChI=1S/C13H18N2O3/c1-8-5-6-9(2)11(7-8)18-10(3)12(16)15-13(17)14-4/h5-7,10H,1-4H3,(H2,14,15,16,17). The van der Waals surface area contributed by atoms with Gasteiger partial charge in [-0.15, -0.1) is 0 Å². The Hall–Kier alpha value is -2.04. The Morgan fingerprint density at radius 1 is 1.28 bits per heavy atom. The summed E-state index contributed by atoms with van der Waals surface area (Å²) < 4.78 is 5.54. The summed E-state index contributed by atoms with van der Waals surface area (Å²) >= 11 is 0. The van der Waals surface area contributed by atoms with E-state index in [0.29, 0.717) is 5.75 Å². The zero-order chi connectivity index (χ0) is 13.7. The van der Waals surface area contributed by atoms with Crippen LogP contribution in [0.2, 0.25) is 0 Å². The van der Waals surface area contributed by atoms with Crippen molar-refractivity contribution in [3.63, 3.8) is 0 Å². The van der Waals surface area contributed by atoms with Crippen LogP contribution in [0.15, 0.2) is 18.2 Å². The van der Waals surface area contributed by atoms with E-state index < -0.39 is 18.0 Å². The van der Waals surface area contributed by atoms with Crippen LogP contribution in [0.25, 0.3) is 0 Å². The molecule has 0 fully saturated rings. The Labute approximate surface area is 107 Å². The summed E-state index contributed by atoms with van der Waals surface area (Å²) in [6.45, 7) is 5.44. The topological polar surface area (TPSA) is 67.4 Å². The highest BCUT2D eigenvalue weighted by Gasteiger charge is 2.17. The number of benzene rings is 1. The molecule has 5 nitrogen and oxygen atoms in total. The molecule has 0 aromatic heterocycles. The zero-order valence-corrected chi connectivity index (χ0v) is 11.0. The molecule has 1 aromatic carbocycles. The summed E-state index contributed by atoms with van der Waals surface area (Å²) in [5, 5.41) is 4.48. The van der Waals surface area contributed by atoms with Crippen molar-refractivity contribution >= 4 is 11.9 Å². The van der Waals surface area contributed by atoms with Gasteiger partial charge in [0.1, 0.15) is 5.75 Å². The minimum atomic E-state index is -0.734. The second-order valence-electron chi connectivity index (χ2n) is 4.10. The van der Waals surface area contributed by atoms with Gasteiger partial charge in [-0.05, 0) is 38.0 Å². The molecule has 0 spiro atoms. The van der Waals surface area contributed by atoms with Gasteiger partial charge in [0.15, 0.2) is 6.10 Å². The molecule has 1 atom stereocenters. The van der Waals surface area contributed by atoms with E-state index in [-0.39, 0.29) is 0 Å². The van der Waals surface area contributed by atoms with Gasteiger partial charge in [-0.2, -0.15) is 0 Å². The van der Waals surface area contributed by atoms with Crippen molar-refractivity contribution < 1.29 is 14.3 Å². The van der Waals surface area contributed by atoms with Gasteiger partial charge < -0.3 is 10.1 Å². The van der Waals surface area contributed by atoms with Crippen LogP contribution >= 0.6 is 0 Å². The van der Waals surface area contributed by atoms with Gasteiger partial charge in [-0.3, -0.25) is 10.1 Å². The summed E-state index contributed by atoms with van der Waals surface area (Å²) in [6, 6.07) is 5.21. The third-order valence-electron chi connectivity index (χ3n) is 2.48. The number of hydrogen-bond acceptors (Lipinski definition) is 3. The summed E-state index contributed by atoms with van der Waals surface area (Å²) in [6.07, 6.45) is -0.734. The second kappa shape index (κ2) is 6.05. The highest BCUT2D eigenvalue weighted by molar-refractivity contribution is 5.96. The van der Waals surface area contributed by atoms with E-state index in [9.17, 15) is 9.59 Å². The van der Waals surface area contributed by atoms with E-state index >= 15 is 0 Å². The number of aryl methyl sites for hydroxylation is 2. The van der Waals surface area contributed by atoms with Crippen LogP contribution in [0.5, 0.6) is 5.75 Å². The first-order valence-corrected chi connectivity index (χ1v) is 5.70. The maximum absolute atomic E-state index is 11.6. The van der Waals surface area contributed by atoms with Crippen molar-refractivity contribution in [2.75, 3.05) is 7.05 Å². The molecule has 1 rings (SSSR count). The predicted molar refractivity (Wildman–Crippen MR) is 68.6 cm³/mol. The van der Waals surface area contributed by atoms with Crippen LogP contribution in [-0.4, -0.2) is 25.1 Å². The first-order valence-electron chi connectivity index (χ1n) is 5.70. The van der Waals surface area contributed by atoms with Crippen LogP contribution in [0.1, 0.15) is 18.1 Å². The van der Waals surface area contributed by atoms with Crippen molar-refractivity contribution in [2.45, 2.75) is 26.9 Å². The molecule has 0 saturated carbocycles. The van der Waals surface area contributed by atoms with E-state index in [4.69, 9.17) is 4.74 Å². The summed E-state index contributed by atoms with van der Waals surface area (Å²) in [5.41, 5.74) is 2.00. The molecule has 3 amide bonds. The van der Waals surface area contributed by atoms with Gasteiger partial charge in [-0.1, -0.05) is 12.1 Å². The minimum Gasteiger partial charge on any atom is -0.481 e. The summed E-state index contributed by atoms with van der Waals surface area (Å²) in [4.78, 5) is 22.6. The van der Waals surface area contributed by atoms with Crippen LogP contribution in [0.4, 0.5) is 4.79 Å². The van der Waals surface area contributed by atoms with Crippen molar-refractivity contribution in [3.05, 3.63) is 29.3 Å². The Balaban J connectivity index is 2.69. The van der Waals surface area contributed by atoms with Gasteiger partial charge in [-0.25, -0.2) is 4.79 Å². The van der Waals surface area contributed by atoms with E-state index in [2.05, 4.69) is 10.6 Å². The van der Waals surface area contributed by atoms with Crippen molar-refractivity contribution in [1.29, 1.82) is 0 Å². The Kier molecular flexibility index (Phi) is 4.71. The van der Waals surface area contributed by atoms with Crippen LogP contribution < -0.4 is 15.4 Å². The number of nitrogens with one attached hydrogen (secondary N) is 2. The maximum atomic E-state index is 11.6. The van der Waals surface area contributed by atoms with E-state index in [1.807, 2.05) is 32.0 Å². The number of carbonyl (C=O) groups is 2. The summed E-state index contributed by atoms with van der Waals surface area (Å²) in [7, 11) is 1.44. The number of imide groups is 1. The van der Waals surface area contributed by atoms with E-state index in [0.717, 1.165) is 11.1 Å². The lowest BCUT2D eigenvalue weighted by atomic mass is 10.1. The van der Waals surface area contributed by atoms with Gasteiger partial charge >= 0.3 is 6.03 Å². The molecule has 0 bridgehead atoms. The van der Waals surface area contributed by atoms with Crippen LogP contribution in [0.3, 0.4) is 0 Å². The number of ether oxygens (including phenoxy) is 1. The molecule has 2 N–H and O–H groups in total. The highest BCUT2D eigenvalue weighted by atomic mass is 16.5. The number of hydrogen-bond donors (Lipinski definition) is 2. The maximum Gasteiger partial charge on any atom is 0.321 e. The third kappa shape index (κ3) is 3.76. The lowest BCUT2D eigenvalue weighted by Gasteiger charge is -2.16. The van der Waals surface area contributed by atoms with Gasteiger partial charge in [0.25, 0.3) is 5.91 Å². The third-order valence-corrected chi connectivity index (χ3v) is 2.48. The molecule has 0 aliphatic heterocycles. The molecule has 0 radical (unpaired) electrons. The van der Waals surface area contributed by atoms with Crippen LogP contribution in [0, 0.1) is 13.8 Å². The van der Waals surface area contributed by atoms with E-state index in [1.165, 1.54) is 7.05 Å². The number of urea groups is 1. The second-order valence-corrected chi connectivity index (χ2v) is 4.10. The SMILES string of the molecule is CNC(=O)NC(=O)C(C)Oc1cc(C)ccc1C. The average Bonchev–Trinajstić information content (AvgIpc) is 2.33. The lowest BCUT2D eigenvalue weighted by molar-refractivity contribution is -0.126. The largest absolute Gasteiger partial charge is 0.481 e. The number of carbonyl (C=O) groups excluding carboxylic acids is 2. The van der Waals surface area contributed by atoms with Crippen molar-refractivity contribution in [3.8, 4) is 5.75 Å². The average molecular weight is 250 g/mol. The molecule has 1 unspecified atom stereocenters. The summed E-state index contributed by atoms with van der Waals surface area (Å²) in [5.74, 6) is 0.171. The molecule has 0 saturated heterocycles. The fourth-order valence-corrected chi connectivity index (χ4v) is 1.35.